The van der Waals surface area contributed by atoms with E-state index in [1.165, 1.54) is 0 Å². The number of hydrogen-bond acceptors (Lipinski definition) is 6. The molecule has 0 fully saturated rings. The van der Waals surface area contributed by atoms with Crippen LogP contribution in [0.4, 0.5) is 5.69 Å². The second-order valence-corrected chi connectivity index (χ2v) is 7.28. The number of nitrogens with zero attached hydrogens (tertiary/aromatic N) is 2. The molecule has 1 aromatic heterocycles. The number of amides is 1. The van der Waals surface area contributed by atoms with Gasteiger partial charge in [0, 0.05) is 5.56 Å². The molecule has 0 spiro atoms. The molecular formula is C24H20ClN3O4. The average Bonchev–Trinajstić information content (AvgIpc) is 3.31. The highest BCUT2D eigenvalue weighted by Crippen LogP contribution is 2.30. The van der Waals surface area contributed by atoms with Crippen LogP contribution in [-0.4, -0.2) is 29.3 Å². The Bertz CT molecular complexity index is 1220. The van der Waals surface area contributed by atoms with E-state index in [1.807, 2.05) is 30.3 Å². The number of ether oxygens (including phenoxy) is 2. The van der Waals surface area contributed by atoms with Crippen LogP contribution in [0.3, 0.4) is 0 Å². The molecule has 0 bridgehead atoms. The van der Waals surface area contributed by atoms with Crippen LogP contribution in [0.1, 0.15) is 6.92 Å². The fourth-order valence-electron chi connectivity index (χ4n) is 2.99. The van der Waals surface area contributed by atoms with Crippen LogP contribution < -0.4 is 14.8 Å². The summed E-state index contributed by atoms with van der Waals surface area (Å²) in [6.45, 7) is 1.65. The Kier molecular flexibility index (Phi) is 6.37. The van der Waals surface area contributed by atoms with Crippen molar-refractivity contribution in [3.63, 3.8) is 0 Å². The maximum absolute atomic E-state index is 12.7. The molecule has 4 rings (SSSR count). The van der Waals surface area contributed by atoms with Gasteiger partial charge < -0.3 is 19.3 Å². The van der Waals surface area contributed by atoms with Crippen LogP contribution in [-0.2, 0) is 4.79 Å². The smallest absolute Gasteiger partial charge is 0.265 e. The van der Waals surface area contributed by atoms with E-state index < -0.39 is 6.10 Å². The first kappa shape index (κ1) is 21.4. The van der Waals surface area contributed by atoms with E-state index in [-0.39, 0.29) is 11.8 Å². The Labute approximate surface area is 189 Å². The molecule has 4 aromatic rings. The SMILES string of the molecule is COc1ccc(-c2noc(-c3ccccc3NC(=O)C(C)Oc3ccccc3Cl)n2)cc1. The van der Waals surface area contributed by atoms with Gasteiger partial charge in [-0.05, 0) is 55.5 Å². The number of hydrogen-bond donors (Lipinski definition) is 1. The number of anilines is 1. The lowest BCUT2D eigenvalue weighted by atomic mass is 10.1. The first-order valence-corrected chi connectivity index (χ1v) is 10.2. The van der Waals surface area contributed by atoms with Crippen molar-refractivity contribution in [2.24, 2.45) is 0 Å². The van der Waals surface area contributed by atoms with Gasteiger partial charge in [0.15, 0.2) is 6.10 Å². The lowest BCUT2D eigenvalue weighted by Crippen LogP contribution is -2.30. The molecule has 1 N–H and O–H groups in total. The van der Waals surface area contributed by atoms with E-state index in [1.54, 1.807) is 56.5 Å². The van der Waals surface area contributed by atoms with Crippen LogP contribution in [0.2, 0.25) is 5.02 Å². The van der Waals surface area contributed by atoms with Gasteiger partial charge in [0.05, 0.1) is 23.4 Å². The number of carbonyl (C=O) groups is 1. The van der Waals surface area contributed by atoms with Crippen molar-refractivity contribution >= 4 is 23.2 Å². The zero-order chi connectivity index (χ0) is 22.5. The summed E-state index contributed by atoms with van der Waals surface area (Å²) in [5, 5.41) is 7.36. The van der Waals surface area contributed by atoms with E-state index in [4.69, 9.17) is 25.6 Å². The third kappa shape index (κ3) is 4.73. The highest BCUT2D eigenvalue weighted by Gasteiger charge is 2.20. The molecule has 0 saturated carbocycles. The Morgan fingerprint density at radius 1 is 1.03 bits per heavy atom. The number of rotatable bonds is 7. The number of carbonyl (C=O) groups excluding carboxylic acids is 1. The van der Waals surface area contributed by atoms with Gasteiger partial charge in [0.25, 0.3) is 11.8 Å². The van der Waals surface area contributed by atoms with Crippen LogP contribution in [0, 0.1) is 0 Å². The van der Waals surface area contributed by atoms with Crippen molar-refractivity contribution < 1.29 is 18.8 Å². The van der Waals surface area contributed by atoms with Crippen LogP contribution in [0.15, 0.2) is 77.3 Å². The quantitative estimate of drug-likeness (QED) is 0.402. The molecule has 162 valence electrons. The van der Waals surface area contributed by atoms with Crippen LogP contribution in [0.25, 0.3) is 22.8 Å². The first-order chi connectivity index (χ1) is 15.5. The Morgan fingerprint density at radius 3 is 2.50 bits per heavy atom. The van der Waals surface area contributed by atoms with E-state index >= 15 is 0 Å². The van der Waals surface area contributed by atoms with E-state index in [2.05, 4.69) is 15.5 Å². The summed E-state index contributed by atoms with van der Waals surface area (Å²) >= 11 is 6.12. The van der Waals surface area contributed by atoms with Gasteiger partial charge in [-0.2, -0.15) is 4.98 Å². The largest absolute Gasteiger partial charge is 0.497 e. The van der Waals surface area contributed by atoms with Gasteiger partial charge in [-0.3, -0.25) is 4.79 Å². The van der Waals surface area contributed by atoms with Gasteiger partial charge >= 0.3 is 0 Å². The molecule has 32 heavy (non-hydrogen) atoms. The summed E-state index contributed by atoms with van der Waals surface area (Å²) in [4.78, 5) is 17.2. The van der Waals surface area contributed by atoms with Crippen molar-refractivity contribution in [2.75, 3.05) is 12.4 Å². The molecule has 1 atom stereocenters. The number of halogens is 1. The van der Waals surface area contributed by atoms with E-state index in [0.717, 1.165) is 11.3 Å². The Balaban J connectivity index is 1.52. The molecule has 0 aliphatic heterocycles. The molecule has 1 heterocycles. The molecule has 1 amide bonds. The monoisotopic (exact) mass is 449 g/mol. The summed E-state index contributed by atoms with van der Waals surface area (Å²) in [7, 11) is 1.60. The second kappa shape index (κ2) is 9.53. The Morgan fingerprint density at radius 2 is 1.75 bits per heavy atom. The summed E-state index contributed by atoms with van der Waals surface area (Å²) in [5.74, 6) is 1.54. The predicted molar refractivity (Wildman–Crippen MR) is 122 cm³/mol. The average molecular weight is 450 g/mol. The van der Waals surface area contributed by atoms with Gasteiger partial charge in [-0.15, -0.1) is 0 Å². The Hall–Kier alpha value is -3.84. The molecular weight excluding hydrogens is 430 g/mol. The van der Waals surface area contributed by atoms with E-state index in [9.17, 15) is 4.79 Å². The van der Waals surface area contributed by atoms with Crippen molar-refractivity contribution in [3.8, 4) is 34.3 Å². The molecule has 3 aromatic carbocycles. The van der Waals surface area contributed by atoms with Crippen LogP contribution >= 0.6 is 11.6 Å². The predicted octanol–water partition coefficient (Wildman–Crippen LogP) is 5.47. The molecule has 0 aliphatic carbocycles. The number of benzene rings is 3. The van der Waals surface area contributed by atoms with Crippen molar-refractivity contribution in [3.05, 3.63) is 77.8 Å². The molecule has 7 nitrogen and oxygen atoms in total. The molecule has 8 heteroatoms. The zero-order valence-corrected chi connectivity index (χ0v) is 18.2. The van der Waals surface area contributed by atoms with Crippen molar-refractivity contribution in [1.82, 2.24) is 10.1 Å². The highest BCUT2D eigenvalue weighted by molar-refractivity contribution is 6.32. The van der Waals surface area contributed by atoms with E-state index in [0.29, 0.717) is 27.8 Å². The van der Waals surface area contributed by atoms with Crippen molar-refractivity contribution in [2.45, 2.75) is 13.0 Å². The minimum absolute atomic E-state index is 0.284. The summed E-state index contributed by atoms with van der Waals surface area (Å²) in [5.41, 5.74) is 1.90. The lowest BCUT2D eigenvalue weighted by molar-refractivity contribution is -0.122. The standard InChI is InChI=1S/C24H20ClN3O4/c1-15(31-21-10-6-4-8-19(21)25)23(29)26-20-9-5-3-7-18(20)24-27-22(28-32-24)16-11-13-17(30-2)14-12-16/h3-15H,1-2H3,(H,26,29). The third-order valence-corrected chi connectivity index (χ3v) is 5.01. The van der Waals surface area contributed by atoms with Gasteiger partial charge in [0.2, 0.25) is 5.82 Å². The fourth-order valence-corrected chi connectivity index (χ4v) is 3.17. The van der Waals surface area contributed by atoms with Gasteiger partial charge in [-0.25, -0.2) is 0 Å². The minimum Gasteiger partial charge on any atom is -0.497 e. The second-order valence-electron chi connectivity index (χ2n) is 6.88. The maximum atomic E-state index is 12.7. The number of para-hydroxylation sites is 2. The zero-order valence-electron chi connectivity index (χ0n) is 17.4. The van der Waals surface area contributed by atoms with Gasteiger partial charge in [-0.1, -0.05) is 41.0 Å². The van der Waals surface area contributed by atoms with Gasteiger partial charge in [0.1, 0.15) is 11.5 Å². The molecule has 0 radical (unpaired) electrons. The minimum atomic E-state index is -0.777. The topological polar surface area (TPSA) is 86.5 Å². The van der Waals surface area contributed by atoms with Crippen molar-refractivity contribution in [1.29, 1.82) is 0 Å². The summed E-state index contributed by atoms with van der Waals surface area (Å²) in [6.07, 6.45) is -0.777. The highest BCUT2D eigenvalue weighted by atomic mass is 35.5. The molecule has 1 unspecified atom stereocenters. The third-order valence-electron chi connectivity index (χ3n) is 4.70. The number of aromatic nitrogens is 2. The summed E-state index contributed by atoms with van der Waals surface area (Å²) < 4.78 is 16.3. The number of methoxy groups -OCH3 is 1. The molecule has 0 aliphatic rings. The molecule has 0 saturated heterocycles. The summed E-state index contributed by atoms with van der Waals surface area (Å²) in [6, 6.07) is 21.5. The fraction of sp³-hybridized carbons (Fsp3) is 0.125. The lowest BCUT2D eigenvalue weighted by Gasteiger charge is -2.16. The number of nitrogens with one attached hydrogen (secondary N) is 1. The normalized spacial score (nSPS) is 11.6. The maximum Gasteiger partial charge on any atom is 0.265 e. The van der Waals surface area contributed by atoms with Crippen LogP contribution in [0.5, 0.6) is 11.5 Å². The first-order valence-electron chi connectivity index (χ1n) is 9.84.